The minimum atomic E-state index is -1.08. The molecule has 2 fully saturated rings. The van der Waals surface area contributed by atoms with Crippen LogP contribution in [0.4, 0.5) is 0 Å². The Labute approximate surface area is 207 Å². The Morgan fingerprint density at radius 3 is 2.26 bits per heavy atom. The lowest BCUT2D eigenvalue weighted by molar-refractivity contribution is -0.149. The van der Waals surface area contributed by atoms with Crippen molar-refractivity contribution in [3.63, 3.8) is 0 Å². The number of fused-ring (bicyclic) bond motifs is 1. The molecule has 0 spiro atoms. The third-order valence-corrected chi connectivity index (χ3v) is 11.1. The number of hydrogen-bond acceptors (Lipinski definition) is 4. The van der Waals surface area contributed by atoms with Gasteiger partial charge in [0.25, 0.3) is 0 Å². The van der Waals surface area contributed by atoms with E-state index >= 15 is 0 Å². The van der Waals surface area contributed by atoms with Gasteiger partial charge in [0.05, 0.1) is 18.6 Å². The van der Waals surface area contributed by atoms with Gasteiger partial charge in [0, 0.05) is 20.2 Å². The number of aryl methyl sites for hydroxylation is 1. The number of benzene rings is 2. The second-order valence-electron chi connectivity index (χ2n) is 11.5. The maximum absolute atomic E-state index is 12.2. The van der Waals surface area contributed by atoms with Gasteiger partial charge in [-0.3, -0.25) is 9.69 Å². The summed E-state index contributed by atoms with van der Waals surface area (Å²) in [5.74, 6) is 1.09. The standard InChI is InChI=1S/C29H43NO3Si/c1-6-32-29(31)22-15-17-30(18-16-22)20-27-26-10-8-7-9-25(26)21(2)19-28(27)33-23-11-13-24(14-12-23)34(3,4)5/h7-10,19,22-24H,6,11-18,20H2,1-5H3. The molecular formula is C29H43NO3Si. The normalized spacial score (nSPS) is 22.6. The summed E-state index contributed by atoms with van der Waals surface area (Å²) in [6.07, 6.45) is 7.03. The Bertz CT molecular complexity index is 983. The summed E-state index contributed by atoms with van der Waals surface area (Å²) in [5.41, 5.74) is 3.51. The molecule has 34 heavy (non-hydrogen) atoms. The number of likely N-dealkylation sites (tertiary alicyclic amines) is 1. The van der Waals surface area contributed by atoms with Gasteiger partial charge in [-0.25, -0.2) is 0 Å². The van der Waals surface area contributed by atoms with E-state index in [9.17, 15) is 4.79 Å². The lowest BCUT2D eigenvalue weighted by Crippen LogP contribution is -2.37. The Morgan fingerprint density at radius 2 is 1.65 bits per heavy atom. The highest BCUT2D eigenvalue weighted by Gasteiger charge is 2.32. The molecule has 1 saturated heterocycles. The van der Waals surface area contributed by atoms with E-state index in [-0.39, 0.29) is 11.9 Å². The van der Waals surface area contributed by atoms with Crippen molar-refractivity contribution < 1.29 is 14.3 Å². The minimum Gasteiger partial charge on any atom is -0.490 e. The highest BCUT2D eigenvalue weighted by atomic mass is 28.3. The average molecular weight is 482 g/mol. The van der Waals surface area contributed by atoms with Gasteiger partial charge < -0.3 is 9.47 Å². The molecule has 0 unspecified atom stereocenters. The number of carbonyl (C=O) groups is 1. The van der Waals surface area contributed by atoms with Gasteiger partial charge in [-0.1, -0.05) is 43.9 Å². The topological polar surface area (TPSA) is 38.8 Å². The number of nitrogens with zero attached hydrogens (tertiary/aromatic N) is 1. The highest BCUT2D eigenvalue weighted by molar-refractivity contribution is 6.77. The molecule has 0 radical (unpaired) electrons. The first-order valence-electron chi connectivity index (χ1n) is 13.3. The molecule has 2 aromatic rings. The zero-order valence-electron chi connectivity index (χ0n) is 21.9. The monoisotopic (exact) mass is 481 g/mol. The third-order valence-electron chi connectivity index (χ3n) is 8.10. The maximum Gasteiger partial charge on any atom is 0.309 e. The molecule has 1 aliphatic heterocycles. The molecule has 4 nitrogen and oxygen atoms in total. The lowest BCUT2D eigenvalue weighted by Gasteiger charge is -2.36. The second-order valence-corrected chi connectivity index (χ2v) is 17.0. The fourth-order valence-electron chi connectivity index (χ4n) is 5.89. The van der Waals surface area contributed by atoms with Crippen LogP contribution < -0.4 is 4.74 Å². The number of ether oxygens (including phenoxy) is 2. The summed E-state index contributed by atoms with van der Waals surface area (Å²) in [4.78, 5) is 14.7. The van der Waals surface area contributed by atoms with Crippen LogP contribution in [0.3, 0.4) is 0 Å². The predicted octanol–water partition coefficient (Wildman–Crippen LogP) is 6.95. The van der Waals surface area contributed by atoms with Crippen LogP contribution in [-0.4, -0.2) is 44.7 Å². The first-order valence-corrected chi connectivity index (χ1v) is 16.9. The summed E-state index contributed by atoms with van der Waals surface area (Å²) in [6, 6.07) is 11.0. The Hall–Kier alpha value is -1.85. The van der Waals surface area contributed by atoms with E-state index in [4.69, 9.17) is 9.47 Å². The van der Waals surface area contributed by atoms with Crippen molar-refractivity contribution in [1.29, 1.82) is 0 Å². The number of rotatable bonds is 7. The SMILES string of the molecule is CCOC(=O)C1CCN(Cc2c(OC3CCC([Si](C)(C)C)CC3)cc(C)c3ccccc23)CC1. The van der Waals surface area contributed by atoms with E-state index in [1.54, 1.807) is 0 Å². The van der Waals surface area contributed by atoms with Crippen molar-refractivity contribution in [3.8, 4) is 5.75 Å². The minimum absolute atomic E-state index is 0.0270. The molecule has 0 amide bonds. The Kier molecular flexibility index (Phi) is 8.03. The van der Waals surface area contributed by atoms with Crippen molar-refractivity contribution in [1.82, 2.24) is 4.90 Å². The largest absolute Gasteiger partial charge is 0.490 e. The summed E-state index contributed by atoms with van der Waals surface area (Å²) in [7, 11) is -1.08. The molecule has 1 aliphatic carbocycles. The van der Waals surface area contributed by atoms with Crippen LogP contribution in [0.25, 0.3) is 10.8 Å². The molecule has 2 aromatic carbocycles. The fraction of sp³-hybridized carbons (Fsp3) is 0.621. The van der Waals surface area contributed by atoms with Gasteiger partial charge in [0.2, 0.25) is 0 Å². The average Bonchev–Trinajstić information content (AvgIpc) is 2.82. The van der Waals surface area contributed by atoms with E-state index in [2.05, 4.69) is 61.8 Å². The molecule has 1 saturated carbocycles. The van der Waals surface area contributed by atoms with Crippen molar-refractivity contribution in [2.45, 2.75) is 90.2 Å². The molecule has 2 aliphatic rings. The van der Waals surface area contributed by atoms with Gasteiger partial charge in [0.15, 0.2) is 0 Å². The number of hydrogen-bond donors (Lipinski definition) is 0. The van der Waals surface area contributed by atoms with E-state index in [0.29, 0.717) is 12.7 Å². The van der Waals surface area contributed by atoms with Gasteiger partial charge in [-0.15, -0.1) is 0 Å². The molecule has 0 bridgehead atoms. The quantitative estimate of drug-likeness (QED) is 0.317. The van der Waals surface area contributed by atoms with E-state index < -0.39 is 8.07 Å². The maximum atomic E-state index is 12.2. The van der Waals surface area contributed by atoms with E-state index in [1.165, 1.54) is 47.6 Å². The Balaban J connectivity index is 1.51. The van der Waals surface area contributed by atoms with Crippen LogP contribution in [0.2, 0.25) is 25.2 Å². The Morgan fingerprint density at radius 1 is 1.00 bits per heavy atom. The molecule has 186 valence electrons. The van der Waals surface area contributed by atoms with Gasteiger partial charge in [0.1, 0.15) is 5.75 Å². The van der Waals surface area contributed by atoms with Crippen LogP contribution in [0.1, 0.15) is 56.6 Å². The highest BCUT2D eigenvalue weighted by Crippen LogP contribution is 2.40. The molecule has 0 aromatic heterocycles. The number of carbonyl (C=O) groups excluding carboxylic acids is 1. The first-order chi connectivity index (χ1) is 16.3. The van der Waals surface area contributed by atoms with Crippen LogP contribution in [0.15, 0.2) is 30.3 Å². The molecule has 0 N–H and O–H groups in total. The first kappa shape index (κ1) is 25.2. The summed E-state index contributed by atoms with van der Waals surface area (Å²) in [6.45, 7) is 14.8. The van der Waals surface area contributed by atoms with Gasteiger partial charge >= 0.3 is 5.97 Å². The van der Waals surface area contributed by atoms with Crippen molar-refractivity contribution in [2.24, 2.45) is 5.92 Å². The summed E-state index contributed by atoms with van der Waals surface area (Å²) >= 11 is 0. The third kappa shape index (κ3) is 5.85. The smallest absolute Gasteiger partial charge is 0.309 e. The molecule has 4 rings (SSSR count). The van der Waals surface area contributed by atoms with E-state index in [1.807, 2.05) is 6.92 Å². The molecular weight excluding hydrogens is 438 g/mol. The lowest BCUT2D eigenvalue weighted by atomic mass is 9.94. The number of piperidine rings is 1. The van der Waals surface area contributed by atoms with Crippen LogP contribution >= 0.6 is 0 Å². The summed E-state index contributed by atoms with van der Waals surface area (Å²) in [5, 5.41) is 2.62. The van der Waals surface area contributed by atoms with Crippen LogP contribution in [0, 0.1) is 12.8 Å². The molecule has 1 heterocycles. The summed E-state index contributed by atoms with van der Waals surface area (Å²) < 4.78 is 12.0. The number of esters is 1. The molecule has 0 atom stereocenters. The van der Waals surface area contributed by atoms with Crippen molar-refractivity contribution in [2.75, 3.05) is 19.7 Å². The zero-order chi connectivity index (χ0) is 24.3. The predicted molar refractivity (Wildman–Crippen MR) is 143 cm³/mol. The van der Waals surface area contributed by atoms with Crippen LogP contribution in [-0.2, 0) is 16.1 Å². The molecule has 5 heteroatoms. The van der Waals surface area contributed by atoms with Crippen LogP contribution in [0.5, 0.6) is 5.75 Å². The van der Waals surface area contributed by atoms with Crippen molar-refractivity contribution >= 4 is 24.8 Å². The van der Waals surface area contributed by atoms with E-state index in [0.717, 1.165) is 43.8 Å². The van der Waals surface area contributed by atoms with Gasteiger partial charge in [-0.05, 0) is 93.4 Å². The fourth-order valence-corrected chi connectivity index (χ4v) is 7.95. The van der Waals surface area contributed by atoms with Gasteiger partial charge in [-0.2, -0.15) is 0 Å². The van der Waals surface area contributed by atoms with Crippen molar-refractivity contribution in [3.05, 3.63) is 41.5 Å². The zero-order valence-corrected chi connectivity index (χ0v) is 22.9. The second kappa shape index (κ2) is 10.8.